The second-order valence-corrected chi connectivity index (χ2v) is 9.60. The lowest BCUT2D eigenvalue weighted by atomic mass is 9.89. The summed E-state index contributed by atoms with van der Waals surface area (Å²) in [7, 11) is -1.52. The van der Waals surface area contributed by atoms with Crippen LogP contribution in [0.15, 0.2) is 18.2 Å². The molecule has 1 saturated heterocycles. The van der Waals surface area contributed by atoms with Crippen LogP contribution in [0.2, 0.25) is 0 Å². The standard InChI is InChI=1S/C18H26N2O4S/c1-12-6-7-13(2)15(10-12)19-16(21)18(3,4)17(22)20(5)14-8-9-25(23,24)11-14/h6-7,10,14H,8-9,11H2,1-5H3,(H,19,21). The molecule has 1 aromatic carbocycles. The maximum absolute atomic E-state index is 12.8. The molecule has 1 heterocycles. The molecule has 2 amide bonds. The second-order valence-electron chi connectivity index (χ2n) is 7.37. The molecule has 2 rings (SSSR count). The molecule has 0 bridgehead atoms. The SMILES string of the molecule is Cc1ccc(C)c(NC(=O)C(C)(C)C(=O)N(C)C2CCS(=O)(=O)C2)c1. The monoisotopic (exact) mass is 366 g/mol. The van der Waals surface area contributed by atoms with E-state index in [9.17, 15) is 18.0 Å². The predicted molar refractivity (Wildman–Crippen MR) is 98.2 cm³/mol. The molecule has 0 radical (unpaired) electrons. The highest BCUT2D eigenvalue weighted by Crippen LogP contribution is 2.26. The van der Waals surface area contributed by atoms with Gasteiger partial charge in [0.15, 0.2) is 9.84 Å². The second kappa shape index (κ2) is 6.78. The summed E-state index contributed by atoms with van der Waals surface area (Å²) in [5, 5.41) is 2.83. The van der Waals surface area contributed by atoms with Gasteiger partial charge in [0.05, 0.1) is 11.5 Å². The number of rotatable bonds is 4. The van der Waals surface area contributed by atoms with Crippen LogP contribution in [0.4, 0.5) is 5.69 Å². The van der Waals surface area contributed by atoms with Crippen LogP contribution in [-0.2, 0) is 19.4 Å². The number of anilines is 1. The highest BCUT2D eigenvalue weighted by Gasteiger charge is 2.42. The van der Waals surface area contributed by atoms with Gasteiger partial charge in [0.25, 0.3) is 0 Å². The Morgan fingerprint density at radius 2 is 1.88 bits per heavy atom. The van der Waals surface area contributed by atoms with Crippen molar-refractivity contribution in [2.24, 2.45) is 5.41 Å². The molecule has 6 nitrogen and oxygen atoms in total. The zero-order valence-electron chi connectivity index (χ0n) is 15.4. The molecule has 1 fully saturated rings. The smallest absolute Gasteiger partial charge is 0.239 e. The van der Waals surface area contributed by atoms with Crippen molar-refractivity contribution >= 4 is 27.3 Å². The normalized spacial score (nSPS) is 19.5. The zero-order chi connectivity index (χ0) is 19.0. The number of nitrogens with zero attached hydrogens (tertiary/aromatic N) is 1. The molecular weight excluding hydrogens is 340 g/mol. The average Bonchev–Trinajstić information content (AvgIpc) is 2.89. The van der Waals surface area contributed by atoms with Crippen LogP contribution < -0.4 is 5.32 Å². The highest BCUT2D eigenvalue weighted by molar-refractivity contribution is 7.91. The first kappa shape index (κ1) is 19.4. The van der Waals surface area contributed by atoms with Crippen LogP contribution in [0.5, 0.6) is 0 Å². The molecule has 7 heteroatoms. The van der Waals surface area contributed by atoms with Gasteiger partial charge in [-0.15, -0.1) is 0 Å². The average molecular weight is 366 g/mol. The van der Waals surface area contributed by atoms with Crippen molar-refractivity contribution in [3.63, 3.8) is 0 Å². The number of hydrogen-bond donors (Lipinski definition) is 1. The quantitative estimate of drug-likeness (QED) is 0.825. The maximum Gasteiger partial charge on any atom is 0.239 e. The summed E-state index contributed by atoms with van der Waals surface area (Å²) in [6.07, 6.45) is 0.416. The van der Waals surface area contributed by atoms with Crippen LogP contribution in [0.25, 0.3) is 0 Å². The Kier molecular flexibility index (Phi) is 5.27. The molecule has 0 spiro atoms. The van der Waals surface area contributed by atoms with Crippen LogP contribution in [0, 0.1) is 19.3 Å². The van der Waals surface area contributed by atoms with E-state index >= 15 is 0 Å². The molecule has 1 aliphatic rings. The third-order valence-electron chi connectivity index (χ3n) is 4.82. The summed E-state index contributed by atoms with van der Waals surface area (Å²) in [5.41, 5.74) is 1.31. The van der Waals surface area contributed by atoms with Gasteiger partial charge in [0.2, 0.25) is 11.8 Å². The van der Waals surface area contributed by atoms with E-state index < -0.39 is 21.2 Å². The minimum absolute atomic E-state index is 0.0378. The number of carbonyl (C=O) groups is 2. The van der Waals surface area contributed by atoms with Crippen molar-refractivity contribution in [1.82, 2.24) is 4.90 Å². The molecule has 0 aliphatic carbocycles. The van der Waals surface area contributed by atoms with Crippen molar-refractivity contribution < 1.29 is 18.0 Å². The van der Waals surface area contributed by atoms with E-state index in [1.165, 1.54) is 4.90 Å². The van der Waals surface area contributed by atoms with Crippen molar-refractivity contribution in [2.45, 2.75) is 40.2 Å². The third kappa shape index (κ3) is 4.21. The van der Waals surface area contributed by atoms with Gasteiger partial charge in [-0.1, -0.05) is 12.1 Å². The Hall–Kier alpha value is -1.89. The summed E-state index contributed by atoms with van der Waals surface area (Å²) in [6.45, 7) is 6.95. The van der Waals surface area contributed by atoms with Crippen molar-refractivity contribution in [3.05, 3.63) is 29.3 Å². The van der Waals surface area contributed by atoms with Crippen LogP contribution in [0.3, 0.4) is 0 Å². The van der Waals surface area contributed by atoms with Gasteiger partial charge in [0, 0.05) is 18.8 Å². The molecule has 1 N–H and O–H groups in total. The number of benzene rings is 1. The summed E-state index contributed by atoms with van der Waals surface area (Å²) < 4.78 is 23.3. The Morgan fingerprint density at radius 1 is 1.24 bits per heavy atom. The summed E-state index contributed by atoms with van der Waals surface area (Å²) in [4.78, 5) is 26.9. The Balaban J connectivity index is 2.14. The van der Waals surface area contributed by atoms with E-state index in [0.717, 1.165) is 11.1 Å². The van der Waals surface area contributed by atoms with Crippen molar-refractivity contribution in [2.75, 3.05) is 23.9 Å². The molecular formula is C18H26N2O4S. The Labute approximate surface area is 149 Å². The lowest BCUT2D eigenvalue weighted by molar-refractivity contribution is -0.146. The lowest BCUT2D eigenvalue weighted by Crippen LogP contribution is -2.49. The van der Waals surface area contributed by atoms with Crippen LogP contribution in [-0.4, -0.2) is 49.7 Å². The number of carbonyl (C=O) groups excluding carboxylic acids is 2. The Bertz CT molecular complexity index is 799. The third-order valence-corrected chi connectivity index (χ3v) is 6.57. The van der Waals surface area contributed by atoms with E-state index in [2.05, 4.69) is 5.32 Å². The van der Waals surface area contributed by atoms with Crippen LogP contribution >= 0.6 is 0 Å². The van der Waals surface area contributed by atoms with Crippen molar-refractivity contribution in [3.8, 4) is 0 Å². The topological polar surface area (TPSA) is 83.6 Å². The largest absolute Gasteiger partial charge is 0.341 e. The lowest BCUT2D eigenvalue weighted by Gasteiger charge is -2.32. The number of amides is 2. The van der Waals surface area contributed by atoms with Gasteiger partial charge in [-0.3, -0.25) is 9.59 Å². The molecule has 1 aliphatic heterocycles. The van der Waals surface area contributed by atoms with Gasteiger partial charge >= 0.3 is 0 Å². The van der Waals surface area contributed by atoms with Gasteiger partial charge < -0.3 is 10.2 Å². The van der Waals surface area contributed by atoms with E-state index in [1.807, 2.05) is 32.0 Å². The first-order valence-electron chi connectivity index (χ1n) is 8.30. The predicted octanol–water partition coefficient (Wildman–Crippen LogP) is 1.91. The molecule has 0 saturated carbocycles. The maximum atomic E-state index is 12.8. The molecule has 0 aromatic heterocycles. The number of aryl methyl sites for hydroxylation is 2. The fourth-order valence-corrected chi connectivity index (χ4v) is 4.71. The van der Waals surface area contributed by atoms with Gasteiger partial charge in [-0.05, 0) is 51.3 Å². The first-order valence-corrected chi connectivity index (χ1v) is 10.1. The van der Waals surface area contributed by atoms with Crippen LogP contribution in [0.1, 0.15) is 31.4 Å². The van der Waals surface area contributed by atoms with E-state index in [-0.39, 0.29) is 23.5 Å². The molecule has 1 atom stereocenters. The summed E-state index contributed by atoms with van der Waals surface area (Å²) in [6, 6.07) is 5.36. The van der Waals surface area contributed by atoms with Gasteiger partial charge in [-0.25, -0.2) is 8.42 Å². The fourth-order valence-electron chi connectivity index (χ4n) is 2.93. The van der Waals surface area contributed by atoms with E-state index in [0.29, 0.717) is 12.1 Å². The fraction of sp³-hybridized carbons (Fsp3) is 0.556. The highest BCUT2D eigenvalue weighted by atomic mass is 32.2. The molecule has 138 valence electrons. The number of nitrogens with one attached hydrogen (secondary N) is 1. The Morgan fingerprint density at radius 3 is 2.44 bits per heavy atom. The minimum Gasteiger partial charge on any atom is -0.341 e. The molecule has 1 aromatic rings. The molecule has 1 unspecified atom stereocenters. The first-order chi connectivity index (χ1) is 11.4. The summed E-state index contributed by atoms with van der Waals surface area (Å²) >= 11 is 0. The van der Waals surface area contributed by atoms with Crippen molar-refractivity contribution in [1.29, 1.82) is 0 Å². The van der Waals surface area contributed by atoms with E-state index in [4.69, 9.17) is 0 Å². The van der Waals surface area contributed by atoms with E-state index in [1.54, 1.807) is 20.9 Å². The number of sulfone groups is 1. The van der Waals surface area contributed by atoms with Gasteiger partial charge in [-0.2, -0.15) is 0 Å². The number of hydrogen-bond acceptors (Lipinski definition) is 4. The minimum atomic E-state index is -3.09. The summed E-state index contributed by atoms with van der Waals surface area (Å²) in [5.74, 6) is -0.731. The molecule has 25 heavy (non-hydrogen) atoms. The van der Waals surface area contributed by atoms with Gasteiger partial charge in [0.1, 0.15) is 5.41 Å². The zero-order valence-corrected chi connectivity index (χ0v) is 16.2.